The molecular weight excluding hydrogens is 276 g/mol. The number of hydrogen-bond donors (Lipinski definition) is 1. The molecule has 0 radical (unpaired) electrons. The fourth-order valence-electron chi connectivity index (χ4n) is 1.80. The maximum atomic E-state index is 5.79. The Morgan fingerprint density at radius 3 is 2.65 bits per heavy atom. The molecule has 2 N–H and O–H groups in total. The zero-order valence-corrected chi connectivity index (χ0v) is 13.0. The van der Waals surface area contributed by atoms with E-state index in [1.807, 2.05) is 18.4 Å². The van der Waals surface area contributed by atoms with Gasteiger partial charge in [-0.25, -0.2) is 0 Å². The molecule has 8 heteroatoms. The van der Waals surface area contributed by atoms with Gasteiger partial charge in [0.25, 0.3) is 0 Å². The van der Waals surface area contributed by atoms with Crippen LogP contribution in [0.2, 0.25) is 0 Å². The predicted molar refractivity (Wildman–Crippen MR) is 77.2 cm³/mol. The summed E-state index contributed by atoms with van der Waals surface area (Å²) in [6.45, 7) is 8.33. The van der Waals surface area contributed by atoms with E-state index in [0.29, 0.717) is 23.5 Å². The fourth-order valence-corrected chi connectivity index (χ4v) is 2.71. The highest BCUT2D eigenvalue weighted by atomic mass is 32.2. The third-order valence-electron chi connectivity index (χ3n) is 2.63. The molecule has 2 rings (SSSR count). The van der Waals surface area contributed by atoms with Crippen LogP contribution in [0.1, 0.15) is 45.5 Å². The van der Waals surface area contributed by atoms with E-state index in [9.17, 15) is 0 Å². The summed E-state index contributed by atoms with van der Waals surface area (Å²) in [6.07, 6.45) is 0.823. The molecule has 0 bridgehead atoms. The van der Waals surface area contributed by atoms with Gasteiger partial charge in [-0.1, -0.05) is 30.8 Å². The first-order chi connectivity index (χ1) is 9.47. The number of rotatable bonds is 6. The van der Waals surface area contributed by atoms with Crippen molar-refractivity contribution in [3.8, 4) is 0 Å². The van der Waals surface area contributed by atoms with E-state index >= 15 is 0 Å². The molecule has 0 spiro atoms. The van der Waals surface area contributed by atoms with Gasteiger partial charge in [-0.05, 0) is 19.8 Å². The Hall–Kier alpha value is -1.57. The average Bonchev–Trinajstić information content (AvgIpc) is 2.92. The molecule has 2 heterocycles. The number of anilines is 1. The van der Waals surface area contributed by atoms with Crippen LogP contribution in [0.15, 0.2) is 9.68 Å². The normalized spacial score (nSPS) is 11.7. The molecule has 7 nitrogen and oxygen atoms in total. The molecule has 0 unspecified atom stereocenters. The summed E-state index contributed by atoms with van der Waals surface area (Å²) in [6, 6.07) is 0.215. The van der Waals surface area contributed by atoms with E-state index in [0.717, 1.165) is 17.4 Å². The Labute approximate surface area is 122 Å². The van der Waals surface area contributed by atoms with E-state index in [1.54, 1.807) is 0 Å². The Bertz CT molecular complexity index is 562. The number of aromatic nitrogens is 5. The molecule has 20 heavy (non-hydrogen) atoms. The van der Waals surface area contributed by atoms with Crippen molar-refractivity contribution in [1.82, 2.24) is 24.9 Å². The highest BCUT2D eigenvalue weighted by Crippen LogP contribution is 2.25. The van der Waals surface area contributed by atoms with Crippen LogP contribution in [0.4, 0.5) is 5.95 Å². The average molecular weight is 296 g/mol. The molecule has 0 aliphatic rings. The lowest BCUT2D eigenvalue weighted by atomic mass is 10.1. The number of thioether (sulfide) groups is 1. The van der Waals surface area contributed by atoms with Gasteiger partial charge < -0.3 is 10.3 Å². The summed E-state index contributed by atoms with van der Waals surface area (Å²) in [7, 11) is 0. The van der Waals surface area contributed by atoms with Gasteiger partial charge >= 0.3 is 0 Å². The lowest BCUT2D eigenvalue weighted by molar-refractivity contribution is 0.382. The van der Waals surface area contributed by atoms with Crippen molar-refractivity contribution in [2.45, 2.75) is 51.1 Å². The quantitative estimate of drug-likeness (QED) is 0.817. The van der Waals surface area contributed by atoms with E-state index < -0.39 is 0 Å². The van der Waals surface area contributed by atoms with Gasteiger partial charge in [0.15, 0.2) is 11.0 Å². The molecule has 0 saturated heterocycles. The Morgan fingerprint density at radius 1 is 1.25 bits per heavy atom. The van der Waals surface area contributed by atoms with Crippen molar-refractivity contribution in [3.05, 3.63) is 11.7 Å². The van der Waals surface area contributed by atoms with Gasteiger partial charge in [0.1, 0.15) is 0 Å². The monoisotopic (exact) mass is 296 g/mol. The molecular formula is C12H20N6OS. The molecule has 0 amide bonds. The number of nitrogen functional groups attached to an aromatic ring is 1. The lowest BCUT2D eigenvalue weighted by Crippen LogP contribution is -2.07. The molecule has 0 atom stereocenters. The first-order valence-electron chi connectivity index (χ1n) is 6.62. The number of hydrogen-bond acceptors (Lipinski definition) is 7. The number of nitrogens with two attached hydrogens (primary N) is 1. The third kappa shape index (κ3) is 3.50. The maximum absolute atomic E-state index is 5.79. The first-order valence-corrected chi connectivity index (χ1v) is 7.60. The molecule has 2 aromatic rings. The van der Waals surface area contributed by atoms with Crippen LogP contribution in [0.25, 0.3) is 0 Å². The van der Waals surface area contributed by atoms with Gasteiger partial charge in [0, 0.05) is 12.5 Å². The molecule has 110 valence electrons. The fraction of sp³-hybridized carbons (Fsp3) is 0.667. The molecule has 0 fully saturated rings. The standard InChI is InChI=1S/C12H20N6OS/c1-7(2)5-9-14-10(19-17-9)6-20-12-16-15-11(13)18(12)8(3)4/h7-8H,5-6H2,1-4H3,(H2,13,15). The van der Waals surface area contributed by atoms with Crippen molar-refractivity contribution in [3.63, 3.8) is 0 Å². The summed E-state index contributed by atoms with van der Waals surface area (Å²) >= 11 is 1.49. The van der Waals surface area contributed by atoms with Gasteiger partial charge in [0.05, 0.1) is 5.75 Å². The summed E-state index contributed by atoms with van der Waals surface area (Å²) < 4.78 is 7.11. The second-order valence-electron chi connectivity index (χ2n) is 5.30. The van der Waals surface area contributed by atoms with Crippen LogP contribution >= 0.6 is 11.8 Å². The van der Waals surface area contributed by atoms with E-state index in [2.05, 4.69) is 34.2 Å². The Kier molecular flexibility index (Phi) is 4.64. The van der Waals surface area contributed by atoms with E-state index in [1.165, 1.54) is 11.8 Å². The van der Waals surface area contributed by atoms with Crippen LogP contribution in [0, 0.1) is 5.92 Å². The smallest absolute Gasteiger partial charge is 0.237 e. The Morgan fingerprint density at radius 2 is 2.00 bits per heavy atom. The molecule has 2 aromatic heterocycles. The van der Waals surface area contributed by atoms with Crippen molar-refractivity contribution >= 4 is 17.7 Å². The minimum atomic E-state index is 0.215. The highest BCUT2D eigenvalue weighted by Gasteiger charge is 2.15. The van der Waals surface area contributed by atoms with Crippen molar-refractivity contribution < 1.29 is 4.52 Å². The summed E-state index contributed by atoms with van der Waals surface area (Å²) in [5.41, 5.74) is 5.79. The zero-order chi connectivity index (χ0) is 14.7. The van der Waals surface area contributed by atoms with Crippen LogP contribution in [0.3, 0.4) is 0 Å². The molecule has 0 aromatic carbocycles. The third-order valence-corrected chi connectivity index (χ3v) is 3.56. The van der Waals surface area contributed by atoms with Crippen molar-refractivity contribution in [1.29, 1.82) is 0 Å². The van der Waals surface area contributed by atoms with Gasteiger partial charge in [-0.2, -0.15) is 4.98 Å². The minimum absolute atomic E-state index is 0.215. The Balaban J connectivity index is 2.00. The maximum Gasteiger partial charge on any atom is 0.237 e. The summed E-state index contributed by atoms with van der Waals surface area (Å²) in [4.78, 5) is 4.36. The summed E-state index contributed by atoms with van der Waals surface area (Å²) in [5, 5.41) is 12.7. The number of nitrogens with zero attached hydrogens (tertiary/aromatic N) is 5. The summed E-state index contributed by atoms with van der Waals surface area (Å²) in [5.74, 6) is 2.85. The van der Waals surface area contributed by atoms with Crippen LogP contribution < -0.4 is 5.73 Å². The molecule has 0 aliphatic heterocycles. The van der Waals surface area contributed by atoms with Gasteiger partial charge in [0.2, 0.25) is 11.8 Å². The van der Waals surface area contributed by atoms with Crippen molar-refractivity contribution in [2.24, 2.45) is 5.92 Å². The van der Waals surface area contributed by atoms with Crippen molar-refractivity contribution in [2.75, 3.05) is 5.73 Å². The lowest BCUT2D eigenvalue weighted by Gasteiger charge is -2.10. The molecule has 0 saturated carbocycles. The van der Waals surface area contributed by atoms with E-state index in [4.69, 9.17) is 10.3 Å². The second kappa shape index (κ2) is 6.25. The topological polar surface area (TPSA) is 95.6 Å². The minimum Gasteiger partial charge on any atom is -0.368 e. The highest BCUT2D eigenvalue weighted by molar-refractivity contribution is 7.98. The van der Waals surface area contributed by atoms with Gasteiger partial charge in [-0.15, -0.1) is 10.2 Å². The van der Waals surface area contributed by atoms with Crippen LogP contribution in [0.5, 0.6) is 0 Å². The van der Waals surface area contributed by atoms with Crippen LogP contribution in [-0.2, 0) is 12.2 Å². The second-order valence-corrected chi connectivity index (χ2v) is 6.24. The van der Waals surface area contributed by atoms with Crippen LogP contribution in [-0.4, -0.2) is 24.9 Å². The zero-order valence-electron chi connectivity index (χ0n) is 12.2. The van der Waals surface area contributed by atoms with Gasteiger partial charge in [-0.3, -0.25) is 4.57 Å². The first kappa shape index (κ1) is 14.8. The molecule has 0 aliphatic carbocycles. The van der Waals surface area contributed by atoms with E-state index in [-0.39, 0.29) is 6.04 Å². The SMILES string of the molecule is CC(C)Cc1noc(CSc2nnc(N)n2C(C)C)n1. The largest absolute Gasteiger partial charge is 0.368 e. The predicted octanol–water partition coefficient (Wildman–Crippen LogP) is 2.32.